The molecule has 7 nitrogen and oxygen atoms in total. The summed E-state index contributed by atoms with van der Waals surface area (Å²) in [4.78, 5) is 49.7. The Kier molecular flexibility index (Phi) is 8.11. The van der Waals surface area contributed by atoms with Crippen molar-refractivity contribution in [3.8, 4) is 0 Å². The SMILES string of the molecule is CCCCNC(=O)C1CCC(C)N(C(=O)CSCc2nc3sc4c(c3c(=O)[nH]2)CCCC4)C1. The van der Waals surface area contributed by atoms with Crippen molar-refractivity contribution in [1.29, 1.82) is 0 Å². The van der Waals surface area contributed by atoms with Gasteiger partial charge in [-0.3, -0.25) is 14.4 Å². The Morgan fingerprint density at radius 3 is 2.91 bits per heavy atom. The van der Waals surface area contributed by atoms with Crippen LogP contribution in [0.1, 0.15) is 68.6 Å². The van der Waals surface area contributed by atoms with Gasteiger partial charge in [0.05, 0.1) is 22.8 Å². The van der Waals surface area contributed by atoms with Crippen molar-refractivity contribution in [2.24, 2.45) is 5.92 Å². The zero-order valence-electron chi connectivity index (χ0n) is 19.6. The van der Waals surface area contributed by atoms with Gasteiger partial charge in [0.25, 0.3) is 5.56 Å². The molecule has 1 fully saturated rings. The summed E-state index contributed by atoms with van der Waals surface area (Å²) in [5.74, 6) is 1.42. The Bertz CT molecular complexity index is 1060. The number of aryl methyl sites for hydroxylation is 2. The first kappa shape index (κ1) is 24.3. The molecule has 0 bridgehead atoms. The van der Waals surface area contributed by atoms with Crippen LogP contribution in [0.5, 0.6) is 0 Å². The summed E-state index contributed by atoms with van der Waals surface area (Å²) in [6.45, 7) is 5.34. The fraction of sp³-hybridized carbons (Fsp3) is 0.667. The van der Waals surface area contributed by atoms with Crippen molar-refractivity contribution in [2.45, 2.75) is 77.0 Å². The number of unbranched alkanes of at least 4 members (excludes halogenated alkanes) is 1. The normalized spacial score (nSPS) is 20.6. The number of hydrogen-bond acceptors (Lipinski definition) is 6. The van der Waals surface area contributed by atoms with Gasteiger partial charge in [-0.25, -0.2) is 4.98 Å². The van der Waals surface area contributed by atoms with E-state index in [-0.39, 0.29) is 29.3 Å². The number of nitrogens with one attached hydrogen (secondary N) is 2. The quantitative estimate of drug-likeness (QED) is 0.551. The Morgan fingerprint density at radius 2 is 2.09 bits per heavy atom. The van der Waals surface area contributed by atoms with Gasteiger partial charge in [-0.05, 0) is 57.4 Å². The van der Waals surface area contributed by atoms with E-state index >= 15 is 0 Å². The maximum absolute atomic E-state index is 12.9. The number of hydrogen-bond donors (Lipinski definition) is 2. The molecule has 0 aromatic carbocycles. The summed E-state index contributed by atoms with van der Waals surface area (Å²) in [7, 11) is 0. The topological polar surface area (TPSA) is 95.2 Å². The third-order valence-corrected chi connectivity index (χ3v) is 8.86. The number of amides is 2. The molecule has 2 atom stereocenters. The molecule has 4 rings (SSSR count). The number of piperidine rings is 1. The van der Waals surface area contributed by atoms with E-state index in [9.17, 15) is 14.4 Å². The maximum atomic E-state index is 12.9. The fourth-order valence-corrected chi connectivity index (χ4v) is 6.85. The van der Waals surface area contributed by atoms with Crippen molar-refractivity contribution < 1.29 is 9.59 Å². The van der Waals surface area contributed by atoms with Gasteiger partial charge in [-0.15, -0.1) is 23.1 Å². The van der Waals surface area contributed by atoms with Crippen LogP contribution in [0, 0.1) is 5.92 Å². The second-order valence-corrected chi connectivity index (χ2v) is 11.3. The first-order valence-electron chi connectivity index (χ1n) is 12.2. The second-order valence-electron chi connectivity index (χ2n) is 9.21. The molecule has 2 amide bonds. The number of thiophene rings is 1. The summed E-state index contributed by atoms with van der Waals surface area (Å²) in [5.41, 5.74) is 1.14. The molecule has 2 aromatic heterocycles. The molecule has 2 aromatic rings. The van der Waals surface area contributed by atoms with Crippen LogP contribution >= 0.6 is 23.1 Å². The van der Waals surface area contributed by atoms with E-state index in [0.29, 0.717) is 30.4 Å². The maximum Gasteiger partial charge on any atom is 0.259 e. The molecule has 2 N–H and O–H groups in total. The molecule has 180 valence electrons. The second kappa shape index (κ2) is 11.0. The monoisotopic (exact) mass is 490 g/mol. The number of thioether (sulfide) groups is 1. The summed E-state index contributed by atoms with van der Waals surface area (Å²) in [6.07, 6.45) is 8.01. The predicted molar refractivity (Wildman–Crippen MR) is 135 cm³/mol. The average molecular weight is 491 g/mol. The van der Waals surface area contributed by atoms with Crippen LogP contribution in [0.4, 0.5) is 0 Å². The standard InChI is InChI=1S/C24H34N4O3S2/c1-3-4-11-25-22(30)16-10-9-15(2)28(12-16)20(29)14-32-13-19-26-23(31)21-17-7-5-6-8-18(17)33-24(21)27-19/h15-16H,3-14H2,1-2H3,(H,25,30)(H,26,27,31). The van der Waals surface area contributed by atoms with E-state index in [1.807, 2.05) is 4.90 Å². The lowest BCUT2D eigenvalue weighted by Gasteiger charge is -2.37. The number of H-pyrrole nitrogens is 1. The molecule has 1 saturated heterocycles. The van der Waals surface area contributed by atoms with Crippen LogP contribution in [-0.2, 0) is 28.2 Å². The Balaban J connectivity index is 1.33. The molecular weight excluding hydrogens is 456 g/mol. The Morgan fingerprint density at radius 1 is 1.27 bits per heavy atom. The number of aromatic nitrogens is 2. The third-order valence-electron chi connectivity index (χ3n) is 6.74. The molecule has 2 aliphatic rings. The molecule has 0 saturated carbocycles. The fourth-order valence-electron chi connectivity index (χ4n) is 4.80. The number of aromatic amines is 1. The van der Waals surface area contributed by atoms with Gasteiger partial charge in [-0.2, -0.15) is 0 Å². The number of carbonyl (C=O) groups excluding carboxylic acids is 2. The lowest BCUT2D eigenvalue weighted by molar-refractivity contribution is -0.136. The number of likely N-dealkylation sites (tertiary alicyclic amines) is 1. The van der Waals surface area contributed by atoms with Crippen molar-refractivity contribution in [3.05, 3.63) is 26.6 Å². The van der Waals surface area contributed by atoms with Gasteiger partial charge < -0.3 is 15.2 Å². The van der Waals surface area contributed by atoms with Crippen LogP contribution in [0.3, 0.4) is 0 Å². The zero-order valence-corrected chi connectivity index (χ0v) is 21.2. The third kappa shape index (κ3) is 5.62. The number of fused-ring (bicyclic) bond motifs is 3. The number of carbonyl (C=O) groups is 2. The minimum Gasteiger partial charge on any atom is -0.356 e. The van der Waals surface area contributed by atoms with Crippen LogP contribution < -0.4 is 10.9 Å². The molecule has 2 unspecified atom stereocenters. The van der Waals surface area contributed by atoms with Crippen molar-refractivity contribution in [2.75, 3.05) is 18.8 Å². The minimum atomic E-state index is -0.128. The van der Waals surface area contributed by atoms with Gasteiger partial charge in [0.1, 0.15) is 10.7 Å². The predicted octanol–water partition coefficient (Wildman–Crippen LogP) is 3.64. The Hall–Kier alpha value is -1.87. The molecule has 1 aliphatic heterocycles. The van der Waals surface area contributed by atoms with Crippen LogP contribution in [0.2, 0.25) is 0 Å². The molecule has 33 heavy (non-hydrogen) atoms. The molecule has 9 heteroatoms. The summed E-state index contributed by atoms with van der Waals surface area (Å²) < 4.78 is 0. The van der Waals surface area contributed by atoms with Crippen molar-refractivity contribution in [1.82, 2.24) is 20.2 Å². The average Bonchev–Trinajstić information content (AvgIpc) is 3.18. The Labute approximate surface area is 203 Å². The number of nitrogens with zero attached hydrogens (tertiary/aromatic N) is 2. The van der Waals surface area contributed by atoms with E-state index in [0.717, 1.165) is 55.2 Å². The van der Waals surface area contributed by atoms with Crippen LogP contribution in [0.25, 0.3) is 10.2 Å². The minimum absolute atomic E-state index is 0.0496. The van der Waals surface area contributed by atoms with Crippen LogP contribution in [0.15, 0.2) is 4.79 Å². The molecule has 3 heterocycles. The van der Waals surface area contributed by atoms with Gasteiger partial charge >= 0.3 is 0 Å². The number of rotatable bonds is 8. The molecule has 0 spiro atoms. The highest BCUT2D eigenvalue weighted by Crippen LogP contribution is 2.33. The molecule has 1 aliphatic carbocycles. The first-order valence-corrected chi connectivity index (χ1v) is 14.1. The highest BCUT2D eigenvalue weighted by Gasteiger charge is 2.32. The van der Waals surface area contributed by atoms with E-state index in [1.54, 1.807) is 11.3 Å². The highest BCUT2D eigenvalue weighted by molar-refractivity contribution is 7.99. The van der Waals surface area contributed by atoms with E-state index < -0.39 is 0 Å². The van der Waals surface area contributed by atoms with Gasteiger partial charge in [-0.1, -0.05) is 13.3 Å². The molecular formula is C24H34N4O3S2. The van der Waals surface area contributed by atoms with E-state index in [4.69, 9.17) is 4.98 Å². The van der Waals surface area contributed by atoms with Crippen LogP contribution in [-0.4, -0.2) is 51.6 Å². The van der Waals surface area contributed by atoms with E-state index in [2.05, 4.69) is 24.1 Å². The molecule has 0 radical (unpaired) electrons. The van der Waals surface area contributed by atoms with Crippen molar-refractivity contribution >= 4 is 45.1 Å². The highest BCUT2D eigenvalue weighted by atomic mass is 32.2. The lowest BCUT2D eigenvalue weighted by Crippen LogP contribution is -2.50. The first-order chi connectivity index (χ1) is 16.0. The van der Waals surface area contributed by atoms with Gasteiger partial charge in [0, 0.05) is 24.0 Å². The zero-order chi connectivity index (χ0) is 23.4. The van der Waals surface area contributed by atoms with E-state index in [1.165, 1.54) is 28.6 Å². The largest absolute Gasteiger partial charge is 0.356 e. The smallest absolute Gasteiger partial charge is 0.259 e. The lowest BCUT2D eigenvalue weighted by atomic mass is 9.92. The summed E-state index contributed by atoms with van der Waals surface area (Å²) in [5, 5.41) is 3.78. The summed E-state index contributed by atoms with van der Waals surface area (Å²) in [6, 6.07) is 0.143. The summed E-state index contributed by atoms with van der Waals surface area (Å²) >= 11 is 3.12. The van der Waals surface area contributed by atoms with Crippen molar-refractivity contribution in [3.63, 3.8) is 0 Å². The van der Waals surface area contributed by atoms with Gasteiger partial charge in [0.15, 0.2) is 0 Å². The van der Waals surface area contributed by atoms with Gasteiger partial charge in [0.2, 0.25) is 11.8 Å².